The molecule has 2 rings (SSSR count). The van der Waals surface area contributed by atoms with E-state index in [4.69, 9.17) is 27.6 Å². The van der Waals surface area contributed by atoms with Crippen LogP contribution in [0.15, 0.2) is 41.3 Å². The summed E-state index contributed by atoms with van der Waals surface area (Å²) in [7, 11) is 0. The van der Waals surface area contributed by atoms with E-state index in [2.05, 4.69) is 6.58 Å². The fourth-order valence-corrected chi connectivity index (χ4v) is 2.83. The highest BCUT2D eigenvalue weighted by Gasteiger charge is 2.19. The molecule has 19 heavy (non-hydrogen) atoms. The van der Waals surface area contributed by atoms with E-state index in [9.17, 15) is 4.79 Å². The molecule has 0 saturated carbocycles. The molecule has 2 aromatic heterocycles. The van der Waals surface area contributed by atoms with Gasteiger partial charge < -0.3 is 9.32 Å². The predicted octanol–water partition coefficient (Wildman–Crippen LogP) is 4.48. The average Bonchev–Trinajstić information content (AvgIpc) is 2.97. The Labute approximate surface area is 125 Å². The Morgan fingerprint density at radius 1 is 1.37 bits per heavy atom. The van der Waals surface area contributed by atoms with Crippen LogP contribution in [-0.4, -0.2) is 17.4 Å². The van der Waals surface area contributed by atoms with Gasteiger partial charge in [-0.15, -0.1) is 17.9 Å². The van der Waals surface area contributed by atoms with Gasteiger partial charge in [0.05, 0.1) is 10.9 Å². The molecule has 0 aliphatic rings. The Morgan fingerprint density at radius 2 is 2.16 bits per heavy atom. The third-order valence-corrected chi connectivity index (χ3v) is 3.82. The number of carbonyl (C=O) groups is 1. The second-order valence-electron chi connectivity index (χ2n) is 3.78. The third kappa shape index (κ3) is 3.62. The molecule has 0 aliphatic carbocycles. The summed E-state index contributed by atoms with van der Waals surface area (Å²) in [5.74, 6) is -0.00849. The first kappa shape index (κ1) is 14.2. The maximum absolute atomic E-state index is 12.3. The third-order valence-electron chi connectivity index (χ3n) is 2.40. The Bertz CT molecular complexity index is 591. The van der Waals surface area contributed by atoms with Crippen molar-refractivity contribution in [3.05, 3.63) is 57.1 Å². The van der Waals surface area contributed by atoms with Crippen molar-refractivity contribution in [2.45, 2.75) is 6.54 Å². The summed E-state index contributed by atoms with van der Waals surface area (Å²) in [6.07, 6.45) is 1.66. The molecule has 1 amide bonds. The first-order valence-electron chi connectivity index (χ1n) is 5.50. The number of halogens is 2. The Kier molecular flexibility index (Phi) is 4.69. The normalized spacial score (nSPS) is 10.4. The second-order valence-corrected chi connectivity index (χ2v) is 5.96. The van der Waals surface area contributed by atoms with Gasteiger partial charge in [-0.2, -0.15) is 0 Å². The molecule has 0 saturated heterocycles. The zero-order valence-electron chi connectivity index (χ0n) is 9.94. The highest BCUT2D eigenvalue weighted by atomic mass is 35.5. The van der Waals surface area contributed by atoms with Gasteiger partial charge >= 0.3 is 0 Å². The van der Waals surface area contributed by atoms with E-state index in [0.717, 1.165) is 4.88 Å². The van der Waals surface area contributed by atoms with E-state index < -0.39 is 0 Å². The fraction of sp³-hybridized carbons (Fsp3) is 0.154. The summed E-state index contributed by atoms with van der Waals surface area (Å²) in [6.45, 7) is 4.54. The van der Waals surface area contributed by atoms with E-state index in [0.29, 0.717) is 17.4 Å². The van der Waals surface area contributed by atoms with Gasteiger partial charge in [-0.05, 0) is 35.9 Å². The number of carbonyl (C=O) groups excluding carboxylic acids is 1. The zero-order valence-corrected chi connectivity index (χ0v) is 12.3. The summed E-state index contributed by atoms with van der Waals surface area (Å²) in [4.78, 5) is 14.9. The summed E-state index contributed by atoms with van der Waals surface area (Å²) >= 11 is 13.0. The van der Waals surface area contributed by atoms with Crippen LogP contribution < -0.4 is 0 Å². The summed E-state index contributed by atoms with van der Waals surface area (Å²) in [6, 6.07) is 6.80. The van der Waals surface area contributed by atoms with Gasteiger partial charge in [0.15, 0.2) is 11.0 Å². The quantitative estimate of drug-likeness (QED) is 0.762. The van der Waals surface area contributed by atoms with Gasteiger partial charge in [0.2, 0.25) is 0 Å². The number of nitrogens with zero attached hydrogens (tertiary/aromatic N) is 1. The molecule has 100 valence electrons. The molecule has 0 fully saturated rings. The van der Waals surface area contributed by atoms with Crippen LogP contribution >= 0.6 is 34.5 Å². The van der Waals surface area contributed by atoms with Crippen molar-refractivity contribution in [2.75, 3.05) is 6.54 Å². The molecule has 0 spiro atoms. The van der Waals surface area contributed by atoms with Gasteiger partial charge in [-0.1, -0.05) is 17.7 Å². The van der Waals surface area contributed by atoms with Crippen LogP contribution in [0.5, 0.6) is 0 Å². The standard InChI is InChI=1S/C13H11Cl2NO2S/c1-2-7-16(8-9-3-6-12(15)19-9)13(17)10-4-5-11(14)18-10/h2-6H,1,7-8H2. The number of hydrogen-bond acceptors (Lipinski definition) is 3. The first-order chi connectivity index (χ1) is 9.10. The number of furan rings is 1. The minimum Gasteiger partial charge on any atom is -0.440 e. The minimum absolute atomic E-state index is 0.195. The highest BCUT2D eigenvalue weighted by molar-refractivity contribution is 7.16. The Hall–Kier alpha value is -1.23. The molecule has 0 atom stereocenters. The summed E-state index contributed by atoms with van der Waals surface area (Å²) in [5, 5.41) is 0.195. The highest BCUT2D eigenvalue weighted by Crippen LogP contribution is 2.24. The molecule has 2 heterocycles. The van der Waals surface area contributed by atoms with Crippen LogP contribution in [0.3, 0.4) is 0 Å². The van der Waals surface area contributed by atoms with E-state index in [1.54, 1.807) is 23.1 Å². The van der Waals surface area contributed by atoms with Crippen molar-refractivity contribution in [2.24, 2.45) is 0 Å². The van der Waals surface area contributed by atoms with Crippen LogP contribution in [0.25, 0.3) is 0 Å². The number of thiophene rings is 1. The van der Waals surface area contributed by atoms with Crippen molar-refractivity contribution in [1.82, 2.24) is 4.90 Å². The van der Waals surface area contributed by atoms with Gasteiger partial charge in [-0.25, -0.2) is 0 Å². The topological polar surface area (TPSA) is 33.5 Å². The largest absolute Gasteiger partial charge is 0.440 e. The van der Waals surface area contributed by atoms with Gasteiger partial charge in [0, 0.05) is 11.4 Å². The predicted molar refractivity (Wildman–Crippen MR) is 78.0 cm³/mol. The Morgan fingerprint density at radius 3 is 2.68 bits per heavy atom. The lowest BCUT2D eigenvalue weighted by Gasteiger charge is -2.18. The molecule has 0 bridgehead atoms. The SMILES string of the molecule is C=CCN(Cc1ccc(Cl)s1)C(=O)c1ccc(Cl)o1. The van der Waals surface area contributed by atoms with Gasteiger partial charge in [0.25, 0.3) is 5.91 Å². The lowest BCUT2D eigenvalue weighted by atomic mass is 10.3. The van der Waals surface area contributed by atoms with E-state index in [1.165, 1.54) is 11.3 Å². The van der Waals surface area contributed by atoms with Crippen molar-refractivity contribution in [1.29, 1.82) is 0 Å². The Balaban J connectivity index is 2.15. The van der Waals surface area contributed by atoms with Gasteiger partial charge in [-0.3, -0.25) is 4.79 Å². The summed E-state index contributed by atoms with van der Waals surface area (Å²) in [5.41, 5.74) is 0. The summed E-state index contributed by atoms with van der Waals surface area (Å²) < 4.78 is 5.83. The van der Waals surface area contributed by atoms with Crippen LogP contribution in [0.1, 0.15) is 15.4 Å². The maximum Gasteiger partial charge on any atom is 0.290 e. The monoisotopic (exact) mass is 315 g/mol. The molecule has 2 aromatic rings. The molecule has 6 heteroatoms. The van der Waals surface area contributed by atoms with E-state index >= 15 is 0 Å². The molecule has 0 aromatic carbocycles. The fourth-order valence-electron chi connectivity index (χ4n) is 1.59. The van der Waals surface area contributed by atoms with Crippen LogP contribution in [-0.2, 0) is 6.54 Å². The lowest BCUT2D eigenvalue weighted by Crippen LogP contribution is -2.30. The van der Waals surface area contributed by atoms with E-state index in [-0.39, 0.29) is 16.9 Å². The molecule has 0 N–H and O–H groups in total. The minimum atomic E-state index is -0.226. The zero-order chi connectivity index (χ0) is 13.8. The first-order valence-corrected chi connectivity index (χ1v) is 7.07. The van der Waals surface area contributed by atoms with Crippen LogP contribution in [0, 0.1) is 0 Å². The lowest BCUT2D eigenvalue weighted by molar-refractivity contribution is 0.0732. The maximum atomic E-state index is 12.3. The average molecular weight is 316 g/mol. The van der Waals surface area contributed by atoms with Crippen molar-refractivity contribution < 1.29 is 9.21 Å². The van der Waals surface area contributed by atoms with Crippen LogP contribution in [0.4, 0.5) is 0 Å². The van der Waals surface area contributed by atoms with Crippen molar-refractivity contribution in [3.63, 3.8) is 0 Å². The molecule has 0 unspecified atom stereocenters. The number of rotatable bonds is 5. The van der Waals surface area contributed by atoms with Crippen molar-refractivity contribution >= 4 is 40.4 Å². The smallest absolute Gasteiger partial charge is 0.290 e. The van der Waals surface area contributed by atoms with E-state index in [1.807, 2.05) is 12.1 Å². The number of amides is 1. The second kappa shape index (κ2) is 6.28. The van der Waals surface area contributed by atoms with Crippen molar-refractivity contribution in [3.8, 4) is 0 Å². The molecular formula is C13H11Cl2NO2S. The van der Waals surface area contributed by atoms with Crippen LogP contribution in [0.2, 0.25) is 9.56 Å². The number of hydrogen-bond donors (Lipinski definition) is 0. The molecule has 3 nitrogen and oxygen atoms in total. The van der Waals surface area contributed by atoms with Gasteiger partial charge in [0.1, 0.15) is 0 Å². The molecule has 0 aliphatic heterocycles. The molecule has 0 radical (unpaired) electrons. The molecular weight excluding hydrogens is 305 g/mol.